The minimum absolute atomic E-state index is 0.00192. The highest BCUT2D eigenvalue weighted by molar-refractivity contribution is 7.92. The largest absolute Gasteiger partial charge is 0.352 e. The van der Waals surface area contributed by atoms with Crippen molar-refractivity contribution in [3.05, 3.63) is 64.7 Å². The number of amides is 2. The third kappa shape index (κ3) is 7.40. The first-order valence-corrected chi connectivity index (χ1v) is 12.3. The molecule has 0 saturated carbocycles. The fourth-order valence-electron chi connectivity index (χ4n) is 3.03. The number of hydrogen-bond acceptors (Lipinski definition) is 4. The molecule has 0 fully saturated rings. The molecule has 0 spiro atoms. The van der Waals surface area contributed by atoms with Gasteiger partial charge in [-0.1, -0.05) is 23.7 Å². The number of rotatable bonds is 9. The topological polar surface area (TPSA) is 86.8 Å². The monoisotopic (exact) mass is 501 g/mol. The predicted octanol–water partition coefficient (Wildman–Crippen LogP) is 3.33. The third-order valence-electron chi connectivity index (χ3n) is 4.73. The zero-order valence-corrected chi connectivity index (χ0v) is 20.3. The van der Waals surface area contributed by atoms with Crippen molar-refractivity contribution >= 4 is 39.1 Å². The SMILES string of the molecule is CC(C)NC(=O)[C@H](C)N(Cc1ccc(Cl)cc1)C(=O)CN(c1ccc(F)c(F)c1)S(C)(=O)=O. The van der Waals surface area contributed by atoms with E-state index in [1.54, 1.807) is 38.1 Å². The van der Waals surface area contributed by atoms with E-state index in [1.807, 2.05) is 0 Å². The fraction of sp³-hybridized carbons (Fsp3) is 0.364. The van der Waals surface area contributed by atoms with E-state index in [0.29, 0.717) is 21.0 Å². The number of nitrogens with one attached hydrogen (secondary N) is 1. The molecule has 0 bridgehead atoms. The minimum atomic E-state index is -4.04. The normalized spacial score (nSPS) is 12.4. The summed E-state index contributed by atoms with van der Waals surface area (Å²) in [4.78, 5) is 27.1. The molecule has 7 nitrogen and oxygen atoms in total. The van der Waals surface area contributed by atoms with Crippen molar-refractivity contribution in [2.75, 3.05) is 17.1 Å². The van der Waals surface area contributed by atoms with Crippen LogP contribution in [0.3, 0.4) is 0 Å². The fourth-order valence-corrected chi connectivity index (χ4v) is 4.00. The molecule has 2 amide bonds. The second-order valence-electron chi connectivity index (χ2n) is 7.86. The third-order valence-corrected chi connectivity index (χ3v) is 6.13. The van der Waals surface area contributed by atoms with Crippen LogP contribution in [0.15, 0.2) is 42.5 Å². The highest BCUT2D eigenvalue weighted by Crippen LogP contribution is 2.22. The molecule has 0 aromatic heterocycles. The second kappa shape index (κ2) is 10.9. The van der Waals surface area contributed by atoms with Crippen molar-refractivity contribution < 1.29 is 26.8 Å². The maximum absolute atomic E-state index is 13.7. The Bertz CT molecular complexity index is 1110. The maximum atomic E-state index is 13.7. The number of halogens is 3. The van der Waals surface area contributed by atoms with Gasteiger partial charge in [0.2, 0.25) is 21.8 Å². The van der Waals surface area contributed by atoms with Crippen LogP contribution in [0.5, 0.6) is 0 Å². The number of anilines is 1. The molecular formula is C22H26ClF2N3O4S. The van der Waals surface area contributed by atoms with E-state index in [0.717, 1.165) is 18.4 Å². The van der Waals surface area contributed by atoms with Gasteiger partial charge in [0.1, 0.15) is 12.6 Å². The Balaban J connectivity index is 2.40. The molecule has 0 heterocycles. The first kappa shape index (κ1) is 26.5. The number of sulfonamides is 1. The predicted molar refractivity (Wildman–Crippen MR) is 123 cm³/mol. The van der Waals surface area contributed by atoms with Gasteiger partial charge in [0, 0.05) is 23.7 Å². The van der Waals surface area contributed by atoms with E-state index in [1.165, 1.54) is 11.8 Å². The van der Waals surface area contributed by atoms with Crippen molar-refractivity contribution in [2.45, 2.75) is 39.4 Å². The molecule has 0 saturated heterocycles. The molecule has 2 aromatic rings. The van der Waals surface area contributed by atoms with Crippen LogP contribution in [0, 0.1) is 11.6 Å². The average Bonchev–Trinajstić information content (AvgIpc) is 2.71. The Morgan fingerprint density at radius 2 is 1.64 bits per heavy atom. The van der Waals surface area contributed by atoms with E-state index in [2.05, 4.69) is 5.32 Å². The molecule has 180 valence electrons. The summed E-state index contributed by atoms with van der Waals surface area (Å²) in [5.74, 6) is -3.53. The molecule has 2 rings (SSSR count). The number of benzene rings is 2. The highest BCUT2D eigenvalue weighted by atomic mass is 35.5. The van der Waals surface area contributed by atoms with Gasteiger partial charge in [-0.25, -0.2) is 17.2 Å². The summed E-state index contributed by atoms with van der Waals surface area (Å²) in [5.41, 5.74) is 0.450. The van der Waals surface area contributed by atoms with Crippen molar-refractivity contribution in [1.29, 1.82) is 0 Å². The summed E-state index contributed by atoms with van der Waals surface area (Å²) < 4.78 is 52.5. The van der Waals surface area contributed by atoms with Crippen molar-refractivity contribution in [1.82, 2.24) is 10.2 Å². The van der Waals surface area contributed by atoms with Gasteiger partial charge in [0.15, 0.2) is 11.6 Å². The van der Waals surface area contributed by atoms with Crippen LogP contribution in [0.25, 0.3) is 0 Å². The molecule has 0 aliphatic heterocycles. The molecule has 1 atom stereocenters. The van der Waals surface area contributed by atoms with Gasteiger partial charge in [-0.3, -0.25) is 13.9 Å². The van der Waals surface area contributed by atoms with Gasteiger partial charge in [0.05, 0.1) is 11.9 Å². The number of carbonyl (C=O) groups is 2. The van der Waals surface area contributed by atoms with E-state index in [9.17, 15) is 26.8 Å². The van der Waals surface area contributed by atoms with Crippen LogP contribution in [0.1, 0.15) is 26.3 Å². The summed E-state index contributed by atoms with van der Waals surface area (Å²) in [5, 5.41) is 3.21. The van der Waals surface area contributed by atoms with Crippen LogP contribution in [-0.2, 0) is 26.2 Å². The molecule has 0 aliphatic rings. The first-order valence-electron chi connectivity index (χ1n) is 10.1. The Morgan fingerprint density at radius 3 is 2.15 bits per heavy atom. The van der Waals surface area contributed by atoms with Gasteiger partial charge in [-0.2, -0.15) is 0 Å². The second-order valence-corrected chi connectivity index (χ2v) is 10.2. The number of nitrogens with zero attached hydrogens (tertiary/aromatic N) is 2. The highest BCUT2D eigenvalue weighted by Gasteiger charge is 2.30. The summed E-state index contributed by atoms with van der Waals surface area (Å²) in [6.07, 6.45) is 0.847. The minimum Gasteiger partial charge on any atom is -0.352 e. The molecule has 2 aromatic carbocycles. The summed E-state index contributed by atoms with van der Waals surface area (Å²) in [6.45, 7) is 4.34. The lowest BCUT2D eigenvalue weighted by Crippen LogP contribution is -2.52. The van der Waals surface area contributed by atoms with Gasteiger partial charge >= 0.3 is 0 Å². The quantitative estimate of drug-likeness (QED) is 0.571. The van der Waals surface area contributed by atoms with E-state index >= 15 is 0 Å². The summed E-state index contributed by atoms with van der Waals surface area (Å²) in [6, 6.07) is 8.03. The molecule has 11 heteroatoms. The molecular weight excluding hydrogens is 476 g/mol. The van der Waals surface area contributed by atoms with Crippen LogP contribution in [0.4, 0.5) is 14.5 Å². The Labute approximate surface area is 197 Å². The zero-order chi connectivity index (χ0) is 24.9. The van der Waals surface area contributed by atoms with Crippen LogP contribution >= 0.6 is 11.6 Å². The molecule has 0 unspecified atom stereocenters. The lowest BCUT2D eigenvalue weighted by molar-refractivity contribution is -0.139. The average molecular weight is 502 g/mol. The lowest BCUT2D eigenvalue weighted by atomic mass is 10.1. The van der Waals surface area contributed by atoms with Crippen LogP contribution in [-0.4, -0.2) is 50.0 Å². The van der Waals surface area contributed by atoms with Gasteiger partial charge in [-0.15, -0.1) is 0 Å². The number of hydrogen-bond donors (Lipinski definition) is 1. The Hall–Kier alpha value is -2.72. The Kier molecular flexibility index (Phi) is 8.79. The molecule has 1 N–H and O–H groups in total. The molecule has 0 aliphatic carbocycles. The van der Waals surface area contributed by atoms with Gasteiger partial charge in [-0.05, 0) is 50.6 Å². The van der Waals surface area contributed by atoms with Crippen LogP contribution < -0.4 is 9.62 Å². The standard InChI is InChI=1S/C22H26ClF2N3O4S/c1-14(2)26-22(30)15(3)27(12-16-5-7-17(23)8-6-16)21(29)13-28(33(4,31)32)18-9-10-19(24)20(25)11-18/h5-11,14-15H,12-13H2,1-4H3,(H,26,30)/t15-/m0/s1. The molecule has 0 radical (unpaired) electrons. The van der Waals surface area contributed by atoms with Gasteiger partial charge < -0.3 is 10.2 Å². The van der Waals surface area contributed by atoms with E-state index in [-0.39, 0.29) is 18.3 Å². The zero-order valence-electron chi connectivity index (χ0n) is 18.7. The van der Waals surface area contributed by atoms with E-state index in [4.69, 9.17) is 11.6 Å². The van der Waals surface area contributed by atoms with Crippen LogP contribution in [0.2, 0.25) is 5.02 Å². The maximum Gasteiger partial charge on any atom is 0.244 e. The van der Waals surface area contributed by atoms with E-state index < -0.39 is 46.1 Å². The smallest absolute Gasteiger partial charge is 0.244 e. The first-order chi connectivity index (χ1) is 15.3. The van der Waals surface area contributed by atoms with Crippen molar-refractivity contribution in [3.8, 4) is 0 Å². The summed E-state index contributed by atoms with van der Waals surface area (Å²) in [7, 11) is -4.04. The molecule has 33 heavy (non-hydrogen) atoms. The van der Waals surface area contributed by atoms with Crippen molar-refractivity contribution in [2.24, 2.45) is 0 Å². The Morgan fingerprint density at radius 1 is 1.03 bits per heavy atom. The van der Waals surface area contributed by atoms with Crippen molar-refractivity contribution in [3.63, 3.8) is 0 Å². The lowest BCUT2D eigenvalue weighted by Gasteiger charge is -2.32. The van der Waals surface area contributed by atoms with Gasteiger partial charge in [0.25, 0.3) is 0 Å². The number of carbonyl (C=O) groups excluding carboxylic acids is 2. The summed E-state index contributed by atoms with van der Waals surface area (Å²) >= 11 is 5.92.